The van der Waals surface area contributed by atoms with E-state index >= 15 is 0 Å². The number of nitrogens with one attached hydrogen (secondary N) is 1. The van der Waals surface area contributed by atoms with E-state index in [1.54, 1.807) is 36.4 Å². The average molecular weight is 361 g/mol. The fraction of sp³-hybridized carbons (Fsp3) is 0.136. The van der Waals surface area contributed by atoms with Crippen LogP contribution in [0.15, 0.2) is 60.7 Å². The molecule has 0 bridgehead atoms. The van der Waals surface area contributed by atoms with Gasteiger partial charge in [0.1, 0.15) is 0 Å². The largest absolute Gasteiger partial charge is 0.504 e. The number of carboxylic acid groups (broad SMARTS) is 1. The number of aromatic amines is 1. The Morgan fingerprint density at radius 2 is 1.70 bits per heavy atom. The van der Waals surface area contributed by atoms with Gasteiger partial charge in [-0.05, 0) is 60.9 Å². The normalized spacial score (nSPS) is 11.1. The summed E-state index contributed by atoms with van der Waals surface area (Å²) < 4.78 is 5.62. The lowest BCUT2D eigenvalue weighted by Crippen LogP contribution is -1.99. The van der Waals surface area contributed by atoms with Crippen LogP contribution < -0.4 is 4.74 Å². The molecule has 0 unspecified atom stereocenters. The summed E-state index contributed by atoms with van der Waals surface area (Å²) in [7, 11) is 0. The van der Waals surface area contributed by atoms with Crippen molar-refractivity contribution in [2.45, 2.75) is 12.8 Å². The van der Waals surface area contributed by atoms with E-state index in [9.17, 15) is 15.0 Å². The Morgan fingerprint density at radius 3 is 2.48 bits per heavy atom. The summed E-state index contributed by atoms with van der Waals surface area (Å²) in [6.45, 7) is 0.507. The number of carboxylic acids is 1. The van der Waals surface area contributed by atoms with Crippen LogP contribution in [0.25, 0.3) is 21.8 Å². The number of ether oxygens (including phenoxy) is 1. The van der Waals surface area contributed by atoms with Crippen LogP contribution in [0.3, 0.4) is 0 Å². The van der Waals surface area contributed by atoms with Crippen molar-refractivity contribution in [1.82, 2.24) is 4.98 Å². The molecule has 5 heteroatoms. The van der Waals surface area contributed by atoms with E-state index < -0.39 is 5.97 Å². The third kappa shape index (κ3) is 3.44. The summed E-state index contributed by atoms with van der Waals surface area (Å²) in [6.07, 6.45) is 1.64. The van der Waals surface area contributed by atoms with Crippen LogP contribution in [0.5, 0.6) is 11.5 Å². The Balaban J connectivity index is 1.50. The second-order valence-corrected chi connectivity index (χ2v) is 6.49. The number of hydrogen-bond acceptors (Lipinski definition) is 3. The Kier molecular flexibility index (Phi) is 4.42. The first kappa shape index (κ1) is 17.0. The van der Waals surface area contributed by atoms with Gasteiger partial charge in [0.25, 0.3) is 0 Å². The number of aryl methyl sites for hydroxylation is 1. The maximum absolute atomic E-state index is 11.2. The van der Waals surface area contributed by atoms with E-state index in [1.165, 1.54) is 0 Å². The number of aromatic nitrogens is 1. The molecule has 4 aromatic rings. The number of aromatic hydroxyl groups is 1. The van der Waals surface area contributed by atoms with Crippen LogP contribution >= 0.6 is 0 Å². The van der Waals surface area contributed by atoms with Crippen molar-refractivity contribution >= 4 is 27.8 Å². The fourth-order valence-electron chi connectivity index (χ4n) is 3.27. The van der Waals surface area contributed by atoms with Crippen molar-refractivity contribution in [3.63, 3.8) is 0 Å². The van der Waals surface area contributed by atoms with E-state index in [4.69, 9.17) is 4.74 Å². The minimum Gasteiger partial charge on any atom is -0.504 e. The van der Waals surface area contributed by atoms with Crippen LogP contribution in [-0.2, 0) is 6.42 Å². The third-order valence-corrected chi connectivity index (χ3v) is 4.64. The maximum Gasteiger partial charge on any atom is 0.335 e. The number of aromatic carboxylic acids is 1. The lowest BCUT2D eigenvalue weighted by Gasteiger charge is -2.07. The van der Waals surface area contributed by atoms with Crippen molar-refractivity contribution < 1.29 is 19.7 Å². The number of phenolic OH excluding ortho intramolecular Hbond substituents is 1. The zero-order valence-corrected chi connectivity index (χ0v) is 14.6. The highest BCUT2D eigenvalue weighted by Gasteiger charge is 2.09. The van der Waals surface area contributed by atoms with E-state index in [0.29, 0.717) is 12.4 Å². The molecule has 136 valence electrons. The molecule has 0 spiro atoms. The molecule has 3 aromatic carbocycles. The Bertz CT molecular complexity index is 1130. The van der Waals surface area contributed by atoms with Gasteiger partial charge in [-0.25, -0.2) is 4.79 Å². The van der Waals surface area contributed by atoms with Crippen LogP contribution in [-0.4, -0.2) is 27.8 Å². The van der Waals surface area contributed by atoms with Gasteiger partial charge in [-0.15, -0.1) is 0 Å². The van der Waals surface area contributed by atoms with Gasteiger partial charge < -0.3 is 19.9 Å². The highest BCUT2D eigenvalue weighted by Crippen LogP contribution is 2.28. The molecular formula is C22H19NO4. The zero-order valence-electron chi connectivity index (χ0n) is 14.6. The third-order valence-electron chi connectivity index (χ3n) is 4.64. The van der Waals surface area contributed by atoms with Gasteiger partial charge in [0.05, 0.1) is 12.2 Å². The molecule has 0 aliphatic carbocycles. The topological polar surface area (TPSA) is 82.5 Å². The highest BCUT2D eigenvalue weighted by atomic mass is 16.5. The molecule has 0 saturated heterocycles. The average Bonchev–Trinajstić information content (AvgIpc) is 3.03. The molecule has 0 atom stereocenters. The maximum atomic E-state index is 11.2. The van der Waals surface area contributed by atoms with Crippen LogP contribution in [0.4, 0.5) is 0 Å². The molecule has 1 aromatic heterocycles. The Hall–Kier alpha value is -3.47. The SMILES string of the molecule is O=C(O)c1ccc2[nH]c3ccc(CCCOc4ccccc4O)cc3c2c1. The minimum absolute atomic E-state index is 0.145. The van der Waals surface area contributed by atoms with Crippen molar-refractivity contribution in [3.05, 3.63) is 71.8 Å². The number of hydrogen-bond donors (Lipinski definition) is 3. The molecule has 0 fully saturated rings. The number of para-hydroxylation sites is 2. The molecule has 1 heterocycles. The summed E-state index contributed by atoms with van der Waals surface area (Å²) in [6, 6.07) is 18.2. The van der Waals surface area contributed by atoms with Gasteiger partial charge in [0.2, 0.25) is 0 Å². The van der Waals surface area contributed by atoms with Gasteiger partial charge in [-0.1, -0.05) is 18.2 Å². The van der Waals surface area contributed by atoms with Crippen molar-refractivity contribution in [3.8, 4) is 11.5 Å². The Morgan fingerprint density at radius 1 is 0.963 bits per heavy atom. The molecule has 0 aliphatic heterocycles. The number of fused-ring (bicyclic) bond motifs is 3. The summed E-state index contributed by atoms with van der Waals surface area (Å²) in [4.78, 5) is 14.6. The number of rotatable bonds is 6. The van der Waals surface area contributed by atoms with Gasteiger partial charge in [0, 0.05) is 21.8 Å². The first-order valence-corrected chi connectivity index (χ1v) is 8.80. The van der Waals surface area contributed by atoms with Crippen molar-refractivity contribution in [1.29, 1.82) is 0 Å². The zero-order chi connectivity index (χ0) is 18.8. The molecule has 0 radical (unpaired) electrons. The summed E-state index contributed by atoms with van der Waals surface area (Å²) in [5, 5.41) is 20.9. The number of benzene rings is 3. The summed E-state index contributed by atoms with van der Waals surface area (Å²) >= 11 is 0. The summed E-state index contributed by atoms with van der Waals surface area (Å²) in [5.41, 5.74) is 3.35. The first-order chi connectivity index (χ1) is 13.1. The van der Waals surface area contributed by atoms with Crippen molar-refractivity contribution in [2.75, 3.05) is 6.61 Å². The standard InChI is InChI=1S/C22H19NO4/c24-20-5-1-2-6-21(20)27-11-3-4-14-7-9-18-16(12-14)17-13-15(22(25)26)8-10-19(17)23-18/h1-2,5-10,12-13,23-24H,3-4,11H2,(H,25,26). The smallest absolute Gasteiger partial charge is 0.335 e. The highest BCUT2D eigenvalue weighted by molar-refractivity contribution is 6.09. The monoisotopic (exact) mass is 361 g/mol. The quantitative estimate of drug-likeness (QED) is 0.433. The number of carbonyl (C=O) groups is 1. The first-order valence-electron chi connectivity index (χ1n) is 8.80. The number of H-pyrrole nitrogens is 1. The van der Waals surface area contributed by atoms with E-state index in [0.717, 1.165) is 40.2 Å². The van der Waals surface area contributed by atoms with Gasteiger partial charge in [-0.2, -0.15) is 0 Å². The molecule has 0 aliphatic rings. The molecule has 0 saturated carbocycles. The predicted octanol–water partition coefficient (Wildman–Crippen LogP) is 4.74. The predicted molar refractivity (Wildman–Crippen MR) is 105 cm³/mol. The van der Waals surface area contributed by atoms with E-state index in [1.807, 2.05) is 12.1 Å². The van der Waals surface area contributed by atoms with Crippen LogP contribution in [0, 0.1) is 0 Å². The van der Waals surface area contributed by atoms with E-state index in [-0.39, 0.29) is 11.3 Å². The van der Waals surface area contributed by atoms with Crippen LogP contribution in [0.1, 0.15) is 22.3 Å². The summed E-state index contributed by atoms with van der Waals surface area (Å²) in [5.74, 6) is -0.290. The fourth-order valence-corrected chi connectivity index (χ4v) is 3.27. The lowest BCUT2D eigenvalue weighted by molar-refractivity contribution is 0.0697. The van der Waals surface area contributed by atoms with Gasteiger partial charge in [-0.3, -0.25) is 0 Å². The number of phenols is 1. The van der Waals surface area contributed by atoms with Crippen LogP contribution in [0.2, 0.25) is 0 Å². The molecule has 0 amide bonds. The molecule has 3 N–H and O–H groups in total. The van der Waals surface area contributed by atoms with Gasteiger partial charge in [0.15, 0.2) is 11.5 Å². The second kappa shape index (κ2) is 7.03. The molecule has 5 nitrogen and oxygen atoms in total. The minimum atomic E-state index is -0.927. The van der Waals surface area contributed by atoms with Crippen molar-refractivity contribution in [2.24, 2.45) is 0 Å². The molecule has 4 rings (SSSR count). The molecular weight excluding hydrogens is 342 g/mol. The van der Waals surface area contributed by atoms with E-state index in [2.05, 4.69) is 17.1 Å². The van der Waals surface area contributed by atoms with Gasteiger partial charge >= 0.3 is 5.97 Å². The lowest BCUT2D eigenvalue weighted by atomic mass is 10.0. The second-order valence-electron chi connectivity index (χ2n) is 6.49. The molecule has 27 heavy (non-hydrogen) atoms. The Labute approximate surface area is 155 Å².